The molecule has 3 N–H and O–H groups in total. The molecular weight excluding hydrogens is 200 g/mol. The molecule has 3 heteroatoms. The van der Waals surface area contributed by atoms with Crippen LogP contribution in [0.25, 0.3) is 0 Å². The number of nitrogens with one attached hydrogen (secondary N) is 1. The Morgan fingerprint density at radius 3 is 2.88 bits per heavy atom. The van der Waals surface area contributed by atoms with Crippen molar-refractivity contribution < 1.29 is 4.74 Å². The summed E-state index contributed by atoms with van der Waals surface area (Å²) in [6.07, 6.45) is 7.64. The average Bonchev–Trinajstić information content (AvgIpc) is 2.26. The van der Waals surface area contributed by atoms with Gasteiger partial charge in [-0.15, -0.1) is 0 Å². The van der Waals surface area contributed by atoms with Crippen LogP contribution in [0.1, 0.15) is 45.4 Å². The van der Waals surface area contributed by atoms with Crippen LogP contribution >= 0.6 is 0 Å². The predicted molar refractivity (Wildman–Crippen MR) is 68.5 cm³/mol. The molecule has 0 radical (unpaired) electrons. The van der Waals surface area contributed by atoms with Gasteiger partial charge in [-0.1, -0.05) is 19.8 Å². The van der Waals surface area contributed by atoms with Gasteiger partial charge in [0.2, 0.25) is 0 Å². The Morgan fingerprint density at radius 1 is 1.44 bits per heavy atom. The van der Waals surface area contributed by atoms with Gasteiger partial charge in [0.15, 0.2) is 0 Å². The molecule has 96 valence electrons. The highest BCUT2D eigenvalue weighted by atomic mass is 16.5. The maximum atomic E-state index is 5.56. The molecule has 0 spiro atoms. The number of nitrogens with two attached hydrogens (primary N) is 1. The zero-order valence-corrected chi connectivity index (χ0v) is 10.9. The normalized spacial score (nSPS) is 27.9. The van der Waals surface area contributed by atoms with E-state index in [1.807, 2.05) is 0 Å². The van der Waals surface area contributed by atoms with Crippen molar-refractivity contribution in [3.63, 3.8) is 0 Å². The number of ether oxygens (including phenoxy) is 1. The molecule has 1 aliphatic rings. The van der Waals surface area contributed by atoms with Crippen LogP contribution in [0.4, 0.5) is 0 Å². The van der Waals surface area contributed by atoms with E-state index in [1.165, 1.54) is 25.7 Å². The standard InChI is InChI=1S/C13H28N2O/c1-11-5-3-6-12(9-11)15-13(10-16-2)7-4-8-14/h11-13,15H,3-10,14H2,1-2H3. The molecule has 3 nitrogen and oxygen atoms in total. The van der Waals surface area contributed by atoms with Crippen LogP contribution in [0.3, 0.4) is 0 Å². The van der Waals surface area contributed by atoms with Gasteiger partial charge in [0, 0.05) is 19.2 Å². The number of methoxy groups -OCH3 is 1. The lowest BCUT2D eigenvalue weighted by molar-refractivity contribution is 0.147. The van der Waals surface area contributed by atoms with Crippen molar-refractivity contribution in [2.24, 2.45) is 11.7 Å². The van der Waals surface area contributed by atoms with Crippen molar-refractivity contribution in [2.45, 2.75) is 57.5 Å². The number of rotatable bonds is 7. The van der Waals surface area contributed by atoms with E-state index >= 15 is 0 Å². The molecular formula is C13H28N2O. The Hall–Kier alpha value is -0.120. The molecule has 0 saturated heterocycles. The van der Waals surface area contributed by atoms with Gasteiger partial charge in [0.05, 0.1) is 6.61 Å². The minimum absolute atomic E-state index is 0.490. The van der Waals surface area contributed by atoms with Crippen LogP contribution in [0.15, 0.2) is 0 Å². The summed E-state index contributed by atoms with van der Waals surface area (Å²) in [5, 5.41) is 3.74. The van der Waals surface area contributed by atoms with Crippen molar-refractivity contribution in [1.82, 2.24) is 5.32 Å². The van der Waals surface area contributed by atoms with E-state index < -0.39 is 0 Å². The summed E-state index contributed by atoms with van der Waals surface area (Å²) >= 11 is 0. The molecule has 16 heavy (non-hydrogen) atoms. The Labute approximate surface area is 100 Å². The smallest absolute Gasteiger partial charge is 0.0615 e. The Morgan fingerprint density at radius 2 is 2.25 bits per heavy atom. The van der Waals surface area contributed by atoms with Crippen LogP contribution in [0.2, 0.25) is 0 Å². The fourth-order valence-corrected chi connectivity index (χ4v) is 2.70. The lowest BCUT2D eigenvalue weighted by Gasteiger charge is -2.31. The van der Waals surface area contributed by atoms with E-state index in [1.54, 1.807) is 7.11 Å². The maximum Gasteiger partial charge on any atom is 0.0615 e. The van der Waals surface area contributed by atoms with Crippen LogP contribution in [-0.2, 0) is 4.74 Å². The summed E-state index contributed by atoms with van der Waals surface area (Å²) in [4.78, 5) is 0. The fraction of sp³-hybridized carbons (Fsp3) is 1.00. The first-order chi connectivity index (χ1) is 7.76. The zero-order valence-electron chi connectivity index (χ0n) is 10.9. The summed E-state index contributed by atoms with van der Waals surface area (Å²) in [6, 6.07) is 1.19. The third-order valence-corrected chi connectivity index (χ3v) is 3.53. The van der Waals surface area contributed by atoms with Crippen LogP contribution in [0, 0.1) is 5.92 Å². The first-order valence-electron chi connectivity index (χ1n) is 6.71. The Kier molecular flexibility index (Phi) is 7.01. The van der Waals surface area contributed by atoms with Gasteiger partial charge in [-0.25, -0.2) is 0 Å². The second-order valence-electron chi connectivity index (χ2n) is 5.22. The van der Waals surface area contributed by atoms with Crippen molar-refractivity contribution in [3.8, 4) is 0 Å². The van der Waals surface area contributed by atoms with Crippen molar-refractivity contribution in [1.29, 1.82) is 0 Å². The average molecular weight is 228 g/mol. The van der Waals surface area contributed by atoms with Crippen molar-refractivity contribution in [3.05, 3.63) is 0 Å². The highest BCUT2D eigenvalue weighted by Crippen LogP contribution is 2.24. The molecule has 0 heterocycles. The maximum absolute atomic E-state index is 5.56. The number of hydrogen-bond acceptors (Lipinski definition) is 3. The number of hydrogen-bond donors (Lipinski definition) is 2. The van der Waals surface area contributed by atoms with E-state index in [0.717, 1.165) is 31.9 Å². The highest BCUT2D eigenvalue weighted by Gasteiger charge is 2.21. The highest BCUT2D eigenvalue weighted by molar-refractivity contribution is 4.79. The Balaban J connectivity index is 2.28. The first-order valence-corrected chi connectivity index (χ1v) is 6.71. The van der Waals surface area contributed by atoms with Gasteiger partial charge in [-0.3, -0.25) is 0 Å². The van der Waals surface area contributed by atoms with E-state index in [4.69, 9.17) is 10.5 Å². The molecule has 0 bridgehead atoms. The van der Waals surface area contributed by atoms with E-state index in [-0.39, 0.29) is 0 Å². The van der Waals surface area contributed by atoms with Crippen LogP contribution in [0.5, 0.6) is 0 Å². The molecule has 1 fully saturated rings. The summed E-state index contributed by atoms with van der Waals surface area (Å²) in [6.45, 7) is 3.95. The molecule has 3 atom stereocenters. The van der Waals surface area contributed by atoms with Gasteiger partial charge in [-0.2, -0.15) is 0 Å². The molecule has 0 aromatic rings. The second-order valence-corrected chi connectivity index (χ2v) is 5.22. The lowest BCUT2D eigenvalue weighted by atomic mass is 9.86. The summed E-state index contributed by atoms with van der Waals surface area (Å²) in [7, 11) is 1.78. The minimum atomic E-state index is 0.490. The van der Waals surface area contributed by atoms with E-state index in [0.29, 0.717) is 12.1 Å². The van der Waals surface area contributed by atoms with Gasteiger partial charge in [0.1, 0.15) is 0 Å². The third kappa shape index (κ3) is 5.28. The molecule has 0 amide bonds. The van der Waals surface area contributed by atoms with Crippen LogP contribution < -0.4 is 11.1 Å². The lowest BCUT2D eigenvalue weighted by Crippen LogP contribution is -2.43. The molecule has 0 aromatic carbocycles. The minimum Gasteiger partial charge on any atom is -0.383 e. The molecule has 1 rings (SSSR count). The SMILES string of the molecule is COCC(CCCN)NC1CCCC(C)C1. The summed E-state index contributed by atoms with van der Waals surface area (Å²) in [5.41, 5.74) is 5.56. The largest absolute Gasteiger partial charge is 0.383 e. The second kappa shape index (κ2) is 8.04. The molecule has 3 unspecified atom stereocenters. The molecule has 1 aliphatic carbocycles. The predicted octanol–water partition coefficient (Wildman–Crippen LogP) is 1.91. The fourth-order valence-electron chi connectivity index (χ4n) is 2.70. The quantitative estimate of drug-likeness (QED) is 0.700. The monoisotopic (exact) mass is 228 g/mol. The topological polar surface area (TPSA) is 47.3 Å². The zero-order chi connectivity index (χ0) is 11.8. The van der Waals surface area contributed by atoms with Gasteiger partial charge in [-0.05, 0) is 38.1 Å². The van der Waals surface area contributed by atoms with Crippen molar-refractivity contribution >= 4 is 0 Å². The molecule has 0 aromatic heterocycles. The van der Waals surface area contributed by atoms with Crippen LogP contribution in [-0.4, -0.2) is 32.3 Å². The van der Waals surface area contributed by atoms with Crippen molar-refractivity contribution in [2.75, 3.05) is 20.3 Å². The first kappa shape index (κ1) is 13.9. The Bertz CT molecular complexity index is 175. The van der Waals surface area contributed by atoms with Gasteiger partial charge >= 0.3 is 0 Å². The molecule has 1 saturated carbocycles. The van der Waals surface area contributed by atoms with Gasteiger partial charge in [0.25, 0.3) is 0 Å². The van der Waals surface area contributed by atoms with E-state index in [9.17, 15) is 0 Å². The molecule has 0 aliphatic heterocycles. The third-order valence-electron chi connectivity index (χ3n) is 3.53. The summed E-state index contributed by atoms with van der Waals surface area (Å²) < 4.78 is 5.27. The van der Waals surface area contributed by atoms with Gasteiger partial charge < -0.3 is 15.8 Å². The summed E-state index contributed by atoms with van der Waals surface area (Å²) in [5.74, 6) is 0.879. The van der Waals surface area contributed by atoms with E-state index in [2.05, 4.69) is 12.2 Å².